The quantitative estimate of drug-likeness (QED) is 0.599. The van der Waals surface area contributed by atoms with Gasteiger partial charge in [0.15, 0.2) is 5.16 Å². The second kappa shape index (κ2) is 5.13. The fourth-order valence-electron chi connectivity index (χ4n) is 1.40. The van der Waals surface area contributed by atoms with Crippen LogP contribution in [0.1, 0.15) is 12.7 Å². The maximum absolute atomic E-state index is 11.3. The van der Waals surface area contributed by atoms with Crippen molar-refractivity contribution in [3.05, 3.63) is 18.2 Å². The van der Waals surface area contributed by atoms with E-state index in [0.717, 1.165) is 11.3 Å². The first kappa shape index (κ1) is 11.8. The molecule has 0 N–H and O–H groups in total. The van der Waals surface area contributed by atoms with Crippen LogP contribution in [0.15, 0.2) is 17.6 Å². The number of aryl methyl sites for hydroxylation is 1. The molecule has 0 fully saturated rings. The van der Waals surface area contributed by atoms with Crippen LogP contribution in [0.4, 0.5) is 0 Å². The van der Waals surface area contributed by atoms with Crippen molar-refractivity contribution in [2.45, 2.75) is 19.0 Å². The Labute approximate surface area is 102 Å². The van der Waals surface area contributed by atoms with Gasteiger partial charge in [-0.05, 0) is 13.8 Å². The van der Waals surface area contributed by atoms with Gasteiger partial charge in [-0.25, -0.2) is 4.98 Å². The molecule has 6 nitrogen and oxygen atoms in total. The van der Waals surface area contributed by atoms with Crippen molar-refractivity contribution in [2.75, 3.05) is 12.4 Å². The van der Waals surface area contributed by atoms with Crippen LogP contribution in [0.25, 0.3) is 5.52 Å². The number of carbonyl (C=O) groups excluding carboxylic acids is 1. The van der Waals surface area contributed by atoms with Crippen LogP contribution in [0.2, 0.25) is 0 Å². The molecule has 0 bridgehead atoms. The molecule has 0 aromatic carbocycles. The number of fused-ring (bicyclic) bond motifs is 1. The average molecular weight is 252 g/mol. The van der Waals surface area contributed by atoms with E-state index < -0.39 is 0 Å². The van der Waals surface area contributed by atoms with Crippen LogP contribution < -0.4 is 0 Å². The topological polar surface area (TPSA) is 69.4 Å². The van der Waals surface area contributed by atoms with E-state index in [1.54, 1.807) is 19.3 Å². The second-order valence-electron chi connectivity index (χ2n) is 3.29. The number of thioether (sulfide) groups is 1. The molecule has 2 aromatic heterocycles. The SMILES string of the molecule is CCOC(=O)CSc1nncc2cnc(C)n12. The highest BCUT2D eigenvalue weighted by Gasteiger charge is 2.10. The molecule has 0 atom stereocenters. The van der Waals surface area contributed by atoms with Crippen molar-refractivity contribution in [2.24, 2.45) is 0 Å². The molecule has 2 heterocycles. The molecule has 7 heteroatoms. The molecular weight excluding hydrogens is 240 g/mol. The van der Waals surface area contributed by atoms with Crippen LogP contribution in [-0.2, 0) is 9.53 Å². The van der Waals surface area contributed by atoms with Crippen LogP contribution >= 0.6 is 11.8 Å². The molecule has 0 radical (unpaired) electrons. The highest BCUT2D eigenvalue weighted by molar-refractivity contribution is 7.99. The van der Waals surface area contributed by atoms with Gasteiger partial charge in [0.25, 0.3) is 0 Å². The molecule has 0 aliphatic rings. The monoisotopic (exact) mass is 252 g/mol. The molecule has 0 aliphatic carbocycles. The molecule has 0 aliphatic heterocycles. The van der Waals surface area contributed by atoms with E-state index in [9.17, 15) is 4.79 Å². The van der Waals surface area contributed by atoms with E-state index >= 15 is 0 Å². The molecule has 0 amide bonds. The summed E-state index contributed by atoms with van der Waals surface area (Å²) in [5.74, 6) is 0.787. The number of hydrogen-bond acceptors (Lipinski definition) is 6. The van der Waals surface area contributed by atoms with Gasteiger partial charge in [-0.15, -0.1) is 5.10 Å². The van der Waals surface area contributed by atoms with E-state index in [1.165, 1.54) is 11.8 Å². The number of ether oxygens (including phenoxy) is 1. The Morgan fingerprint density at radius 3 is 3.12 bits per heavy atom. The van der Waals surface area contributed by atoms with Crippen molar-refractivity contribution in [3.63, 3.8) is 0 Å². The van der Waals surface area contributed by atoms with Gasteiger partial charge in [0, 0.05) is 0 Å². The van der Waals surface area contributed by atoms with E-state index in [4.69, 9.17) is 4.74 Å². The number of imidazole rings is 1. The summed E-state index contributed by atoms with van der Waals surface area (Å²) in [5, 5.41) is 8.51. The fraction of sp³-hybridized carbons (Fsp3) is 0.400. The minimum absolute atomic E-state index is 0.221. The van der Waals surface area contributed by atoms with Crippen molar-refractivity contribution in [3.8, 4) is 0 Å². The number of aromatic nitrogens is 4. The average Bonchev–Trinajstić information content (AvgIpc) is 2.70. The summed E-state index contributed by atoms with van der Waals surface area (Å²) in [7, 11) is 0. The lowest BCUT2D eigenvalue weighted by atomic mass is 10.6. The minimum Gasteiger partial charge on any atom is -0.465 e. The molecule has 2 aromatic rings. The number of rotatable bonds is 4. The molecule has 90 valence electrons. The largest absolute Gasteiger partial charge is 0.465 e. The Kier molecular flexibility index (Phi) is 3.58. The van der Waals surface area contributed by atoms with Gasteiger partial charge < -0.3 is 4.74 Å². The third-order valence-corrected chi connectivity index (χ3v) is 3.02. The lowest BCUT2D eigenvalue weighted by molar-refractivity contribution is -0.139. The number of nitrogens with zero attached hydrogens (tertiary/aromatic N) is 4. The lowest BCUT2D eigenvalue weighted by Crippen LogP contribution is -2.08. The molecule has 17 heavy (non-hydrogen) atoms. The van der Waals surface area contributed by atoms with Crippen molar-refractivity contribution in [1.82, 2.24) is 19.6 Å². The third-order valence-electron chi connectivity index (χ3n) is 2.11. The summed E-state index contributed by atoms with van der Waals surface area (Å²) in [6, 6.07) is 0. The molecule has 0 spiro atoms. The minimum atomic E-state index is -0.255. The van der Waals surface area contributed by atoms with Crippen LogP contribution in [-0.4, -0.2) is 37.9 Å². The molecule has 0 saturated heterocycles. The molecule has 0 unspecified atom stereocenters. The highest BCUT2D eigenvalue weighted by atomic mass is 32.2. The Bertz CT molecular complexity index is 540. The van der Waals surface area contributed by atoms with Gasteiger partial charge in [-0.1, -0.05) is 11.8 Å². The van der Waals surface area contributed by atoms with Crippen molar-refractivity contribution < 1.29 is 9.53 Å². The molecule has 0 saturated carbocycles. The smallest absolute Gasteiger partial charge is 0.316 e. The normalized spacial score (nSPS) is 10.7. The van der Waals surface area contributed by atoms with E-state index in [-0.39, 0.29) is 11.7 Å². The summed E-state index contributed by atoms with van der Waals surface area (Å²) in [5.41, 5.74) is 0.865. The van der Waals surface area contributed by atoms with Crippen molar-refractivity contribution >= 4 is 23.2 Å². The summed E-state index contributed by atoms with van der Waals surface area (Å²) >= 11 is 1.29. The first-order chi connectivity index (χ1) is 8.22. The summed E-state index contributed by atoms with van der Waals surface area (Å²) in [4.78, 5) is 15.4. The first-order valence-electron chi connectivity index (χ1n) is 5.16. The maximum Gasteiger partial charge on any atom is 0.316 e. The summed E-state index contributed by atoms with van der Waals surface area (Å²) in [6.07, 6.45) is 3.35. The first-order valence-corrected chi connectivity index (χ1v) is 6.15. The maximum atomic E-state index is 11.3. The van der Waals surface area contributed by atoms with Gasteiger partial charge in [0.1, 0.15) is 5.82 Å². The number of hydrogen-bond donors (Lipinski definition) is 0. The molecule has 2 rings (SSSR count). The Morgan fingerprint density at radius 2 is 2.35 bits per heavy atom. The Balaban J connectivity index is 2.18. The van der Waals surface area contributed by atoms with E-state index in [0.29, 0.717) is 11.8 Å². The van der Waals surface area contributed by atoms with Gasteiger partial charge in [0.05, 0.1) is 30.3 Å². The van der Waals surface area contributed by atoms with Crippen LogP contribution in [0.3, 0.4) is 0 Å². The Morgan fingerprint density at radius 1 is 1.53 bits per heavy atom. The zero-order valence-electron chi connectivity index (χ0n) is 9.58. The van der Waals surface area contributed by atoms with Crippen molar-refractivity contribution in [1.29, 1.82) is 0 Å². The van der Waals surface area contributed by atoms with Gasteiger partial charge >= 0.3 is 5.97 Å². The predicted octanol–water partition coefficient (Wildman–Crippen LogP) is 1.09. The Hall–Kier alpha value is -1.63. The zero-order chi connectivity index (χ0) is 12.3. The van der Waals surface area contributed by atoms with Gasteiger partial charge in [0.2, 0.25) is 0 Å². The third kappa shape index (κ3) is 2.55. The highest BCUT2D eigenvalue weighted by Crippen LogP contribution is 2.17. The predicted molar refractivity (Wildman–Crippen MR) is 62.9 cm³/mol. The fourth-order valence-corrected chi connectivity index (χ4v) is 2.21. The second-order valence-corrected chi connectivity index (χ2v) is 4.23. The number of carbonyl (C=O) groups is 1. The number of esters is 1. The standard InChI is InChI=1S/C10H12N4O2S/c1-3-16-9(15)6-17-10-13-12-5-8-4-11-7(2)14(8)10/h4-5H,3,6H2,1-2H3. The van der Waals surface area contributed by atoms with E-state index in [1.807, 2.05) is 11.3 Å². The zero-order valence-corrected chi connectivity index (χ0v) is 10.4. The summed E-state index contributed by atoms with van der Waals surface area (Å²) < 4.78 is 6.71. The van der Waals surface area contributed by atoms with Gasteiger partial charge in [-0.2, -0.15) is 5.10 Å². The molecular formula is C10H12N4O2S. The summed E-state index contributed by atoms with van der Waals surface area (Å²) in [6.45, 7) is 4.05. The lowest BCUT2D eigenvalue weighted by Gasteiger charge is -2.04. The van der Waals surface area contributed by atoms with E-state index in [2.05, 4.69) is 15.2 Å². The van der Waals surface area contributed by atoms with Crippen LogP contribution in [0, 0.1) is 6.92 Å². The van der Waals surface area contributed by atoms with Gasteiger partial charge in [-0.3, -0.25) is 9.20 Å². The van der Waals surface area contributed by atoms with Crippen LogP contribution in [0.5, 0.6) is 0 Å².